The molecule has 22 heavy (non-hydrogen) atoms. The highest BCUT2D eigenvalue weighted by Crippen LogP contribution is 2.36. The first-order chi connectivity index (χ1) is 10.7. The van der Waals surface area contributed by atoms with Crippen LogP contribution in [0.1, 0.15) is 28.7 Å². The lowest BCUT2D eigenvalue weighted by Crippen LogP contribution is -2.40. The average Bonchev–Trinajstić information content (AvgIpc) is 3.25. The van der Waals surface area contributed by atoms with Crippen LogP contribution in [0.2, 0.25) is 0 Å². The predicted octanol–water partition coefficient (Wildman–Crippen LogP) is 2.14. The third-order valence-electron chi connectivity index (χ3n) is 4.69. The third kappa shape index (κ3) is 2.27. The van der Waals surface area contributed by atoms with Crippen LogP contribution in [0.25, 0.3) is 0 Å². The zero-order chi connectivity index (χ0) is 15.1. The van der Waals surface area contributed by atoms with E-state index in [4.69, 9.17) is 4.74 Å². The van der Waals surface area contributed by atoms with E-state index < -0.39 is 0 Å². The summed E-state index contributed by atoms with van der Waals surface area (Å²) in [5, 5.41) is 6.32. The van der Waals surface area contributed by atoms with Gasteiger partial charge in [0.25, 0.3) is 0 Å². The molecule has 2 atom stereocenters. The topological polar surface area (TPSA) is 47.4 Å². The van der Waals surface area contributed by atoms with Gasteiger partial charge < -0.3 is 9.64 Å². The third-order valence-corrected chi connectivity index (χ3v) is 5.64. The quantitative estimate of drug-likeness (QED) is 0.852. The molecule has 116 valence electrons. The van der Waals surface area contributed by atoms with Gasteiger partial charge in [-0.1, -0.05) is 0 Å². The van der Waals surface area contributed by atoms with Crippen molar-refractivity contribution in [3.05, 3.63) is 39.8 Å². The van der Waals surface area contributed by atoms with Gasteiger partial charge in [0.1, 0.15) is 6.10 Å². The molecule has 6 heteroatoms. The van der Waals surface area contributed by atoms with Gasteiger partial charge in [-0.05, 0) is 35.9 Å². The lowest BCUT2D eigenvalue weighted by atomic mass is 9.96. The van der Waals surface area contributed by atoms with Crippen LogP contribution in [0.15, 0.2) is 23.7 Å². The first-order valence-corrected chi connectivity index (χ1v) is 8.55. The maximum Gasteiger partial charge on any atom is 0.229 e. The maximum absolute atomic E-state index is 13.0. The number of fused-ring (bicyclic) bond motifs is 1. The number of ether oxygens (including phenoxy) is 1. The molecule has 0 radical (unpaired) electrons. The molecule has 0 aliphatic carbocycles. The van der Waals surface area contributed by atoms with Crippen molar-refractivity contribution in [2.75, 3.05) is 13.2 Å². The van der Waals surface area contributed by atoms with E-state index in [-0.39, 0.29) is 17.9 Å². The van der Waals surface area contributed by atoms with Crippen molar-refractivity contribution in [2.24, 2.45) is 13.0 Å². The summed E-state index contributed by atoms with van der Waals surface area (Å²) in [7, 11) is 1.90. The molecule has 2 aromatic heterocycles. The molecule has 2 aliphatic heterocycles. The van der Waals surface area contributed by atoms with E-state index in [1.54, 1.807) is 17.5 Å². The highest BCUT2D eigenvalue weighted by Gasteiger charge is 2.39. The summed E-state index contributed by atoms with van der Waals surface area (Å²) in [4.78, 5) is 16.3. The molecule has 4 heterocycles. The normalized spacial score (nSPS) is 24.5. The second-order valence-corrected chi connectivity index (χ2v) is 6.95. The fourth-order valence-corrected chi connectivity index (χ4v) is 4.40. The Bertz CT molecular complexity index is 693. The van der Waals surface area contributed by atoms with Crippen LogP contribution in [0.3, 0.4) is 0 Å². The molecule has 2 aromatic rings. The first-order valence-electron chi connectivity index (χ1n) is 7.67. The Morgan fingerprint density at radius 3 is 3.18 bits per heavy atom. The van der Waals surface area contributed by atoms with Gasteiger partial charge in [-0.3, -0.25) is 9.48 Å². The number of amides is 1. The second-order valence-electron chi connectivity index (χ2n) is 5.95. The van der Waals surface area contributed by atoms with Crippen molar-refractivity contribution in [1.82, 2.24) is 14.7 Å². The summed E-state index contributed by atoms with van der Waals surface area (Å²) in [5.41, 5.74) is 2.39. The highest BCUT2D eigenvalue weighted by atomic mass is 32.1. The number of thiophene rings is 1. The molecule has 4 rings (SSSR count). The van der Waals surface area contributed by atoms with Crippen LogP contribution in [0, 0.1) is 5.92 Å². The van der Waals surface area contributed by atoms with Crippen LogP contribution in [0.5, 0.6) is 0 Å². The van der Waals surface area contributed by atoms with Gasteiger partial charge in [-0.15, -0.1) is 11.3 Å². The van der Waals surface area contributed by atoms with E-state index in [1.807, 2.05) is 22.7 Å². The molecule has 2 aliphatic rings. The molecule has 0 saturated carbocycles. The van der Waals surface area contributed by atoms with Gasteiger partial charge >= 0.3 is 0 Å². The first kappa shape index (κ1) is 14.0. The molecule has 1 fully saturated rings. The molecular weight excluding hydrogens is 298 g/mol. The fourth-order valence-electron chi connectivity index (χ4n) is 3.46. The number of hydrogen-bond donors (Lipinski definition) is 0. The minimum atomic E-state index is -0.162. The van der Waals surface area contributed by atoms with E-state index in [0.717, 1.165) is 31.6 Å². The van der Waals surface area contributed by atoms with Crippen LogP contribution < -0.4 is 0 Å². The minimum Gasteiger partial charge on any atom is -0.371 e. The van der Waals surface area contributed by atoms with Crippen LogP contribution in [-0.4, -0.2) is 33.7 Å². The predicted molar refractivity (Wildman–Crippen MR) is 83.4 cm³/mol. The molecular formula is C16H19N3O2S. The summed E-state index contributed by atoms with van der Waals surface area (Å²) in [6.45, 7) is 2.21. The molecule has 1 amide bonds. The Labute approximate surface area is 133 Å². The zero-order valence-corrected chi connectivity index (χ0v) is 13.4. The Hall–Kier alpha value is -1.66. The number of carbonyl (C=O) groups is 1. The van der Waals surface area contributed by atoms with Gasteiger partial charge in [0.05, 0.1) is 18.2 Å². The van der Waals surface area contributed by atoms with E-state index in [9.17, 15) is 4.79 Å². The van der Waals surface area contributed by atoms with E-state index in [1.165, 1.54) is 10.4 Å². The Morgan fingerprint density at radius 1 is 1.45 bits per heavy atom. The van der Waals surface area contributed by atoms with Gasteiger partial charge in [-0.2, -0.15) is 5.10 Å². The fraction of sp³-hybridized carbons (Fsp3) is 0.500. The van der Waals surface area contributed by atoms with Gasteiger partial charge in [-0.25, -0.2) is 0 Å². The van der Waals surface area contributed by atoms with Crippen molar-refractivity contribution < 1.29 is 9.53 Å². The van der Waals surface area contributed by atoms with Gasteiger partial charge in [0.15, 0.2) is 0 Å². The molecule has 0 bridgehead atoms. The molecule has 1 saturated heterocycles. The van der Waals surface area contributed by atoms with Crippen LogP contribution in [-0.2, 0) is 29.5 Å². The Morgan fingerprint density at radius 2 is 2.36 bits per heavy atom. The standard InChI is InChI=1S/C16H19N3O2S/c1-18-13(2-6-17-18)15-12(4-8-21-15)16(20)19-7-3-11-5-9-22-14(11)10-19/h2,5-6,9,12,15H,3-4,7-8,10H2,1H3/t12-,15-/m1/s1. The minimum absolute atomic E-state index is 0.0862. The smallest absolute Gasteiger partial charge is 0.229 e. The average molecular weight is 317 g/mol. The molecule has 0 spiro atoms. The van der Waals surface area contributed by atoms with Crippen molar-refractivity contribution in [3.63, 3.8) is 0 Å². The zero-order valence-electron chi connectivity index (χ0n) is 12.6. The molecule has 0 aromatic carbocycles. The molecule has 0 N–H and O–H groups in total. The van der Waals surface area contributed by atoms with Crippen molar-refractivity contribution in [3.8, 4) is 0 Å². The van der Waals surface area contributed by atoms with Crippen molar-refractivity contribution in [1.29, 1.82) is 0 Å². The lowest BCUT2D eigenvalue weighted by Gasteiger charge is -2.30. The SMILES string of the molecule is Cn1nccc1[C@@H]1OCC[C@H]1C(=O)N1CCc2ccsc2C1. The summed E-state index contributed by atoms with van der Waals surface area (Å²) in [6.07, 6.45) is 3.36. The largest absolute Gasteiger partial charge is 0.371 e. The monoisotopic (exact) mass is 317 g/mol. The molecule has 5 nitrogen and oxygen atoms in total. The Balaban J connectivity index is 1.54. The van der Waals surface area contributed by atoms with E-state index in [2.05, 4.69) is 16.5 Å². The summed E-state index contributed by atoms with van der Waals surface area (Å²) < 4.78 is 7.66. The van der Waals surface area contributed by atoms with Gasteiger partial charge in [0.2, 0.25) is 5.91 Å². The number of aromatic nitrogens is 2. The van der Waals surface area contributed by atoms with Crippen LogP contribution in [0.4, 0.5) is 0 Å². The Kier molecular flexibility index (Phi) is 3.50. The second kappa shape index (κ2) is 5.52. The van der Waals surface area contributed by atoms with E-state index >= 15 is 0 Å². The lowest BCUT2D eigenvalue weighted by molar-refractivity contribution is -0.138. The number of aryl methyl sites for hydroxylation is 1. The summed E-state index contributed by atoms with van der Waals surface area (Å²) >= 11 is 1.75. The molecule has 0 unspecified atom stereocenters. The maximum atomic E-state index is 13.0. The summed E-state index contributed by atoms with van der Waals surface area (Å²) in [5.74, 6) is 0.139. The van der Waals surface area contributed by atoms with E-state index in [0.29, 0.717) is 6.61 Å². The number of carbonyl (C=O) groups excluding carboxylic acids is 1. The van der Waals surface area contributed by atoms with Crippen molar-refractivity contribution >= 4 is 17.2 Å². The number of hydrogen-bond acceptors (Lipinski definition) is 4. The highest BCUT2D eigenvalue weighted by molar-refractivity contribution is 7.10. The van der Waals surface area contributed by atoms with Crippen LogP contribution >= 0.6 is 11.3 Å². The van der Waals surface area contributed by atoms with Gasteiger partial charge in [0, 0.05) is 31.3 Å². The number of rotatable bonds is 2. The number of nitrogens with zero attached hydrogens (tertiary/aromatic N) is 3. The van der Waals surface area contributed by atoms with Crippen molar-refractivity contribution in [2.45, 2.75) is 25.5 Å². The summed E-state index contributed by atoms with van der Waals surface area (Å²) in [6, 6.07) is 4.13.